The summed E-state index contributed by atoms with van der Waals surface area (Å²) in [5, 5.41) is 11.7. The molecule has 2 N–H and O–H groups in total. The predicted octanol–water partition coefficient (Wildman–Crippen LogP) is 3.35. The fourth-order valence-electron chi connectivity index (χ4n) is 3.31. The van der Waals surface area contributed by atoms with E-state index < -0.39 is 46.6 Å². The van der Waals surface area contributed by atoms with Gasteiger partial charge in [0.1, 0.15) is 29.1 Å². The van der Waals surface area contributed by atoms with Crippen LogP contribution in [-0.4, -0.2) is 33.3 Å². The average Bonchev–Trinajstić information content (AvgIpc) is 2.77. The fourth-order valence-corrected chi connectivity index (χ4v) is 3.50. The van der Waals surface area contributed by atoms with Crippen molar-refractivity contribution in [1.82, 2.24) is 14.5 Å². The van der Waals surface area contributed by atoms with Gasteiger partial charge >= 0.3 is 17.8 Å². The molecular weight excluding hydrogens is 498 g/mol. The number of para-hydroxylation sites is 1. The highest BCUT2D eigenvalue weighted by atomic mass is 35.5. The third kappa shape index (κ3) is 5.38. The first-order valence-corrected chi connectivity index (χ1v) is 10.3. The number of aromatic nitrogens is 2. The van der Waals surface area contributed by atoms with Gasteiger partial charge in [-0.25, -0.2) is 13.8 Å². The SMILES string of the molecule is CN[C@@H](Cc1ccccc1Oc1cc(-n2c(=O)cc(C(F)(F)F)n(C)c2=O)c(F)cc1Cl)C(=O)O. The maximum absolute atomic E-state index is 14.7. The maximum Gasteiger partial charge on any atom is 0.431 e. The van der Waals surface area contributed by atoms with E-state index in [4.69, 9.17) is 16.3 Å². The molecule has 1 atom stereocenters. The van der Waals surface area contributed by atoms with E-state index in [1.165, 1.54) is 13.1 Å². The number of aliphatic carboxylic acids is 1. The van der Waals surface area contributed by atoms with Crippen molar-refractivity contribution in [2.45, 2.75) is 18.6 Å². The number of benzene rings is 2. The second kappa shape index (κ2) is 9.92. The molecule has 1 heterocycles. The van der Waals surface area contributed by atoms with Gasteiger partial charge in [-0.2, -0.15) is 13.2 Å². The monoisotopic (exact) mass is 515 g/mol. The summed E-state index contributed by atoms with van der Waals surface area (Å²) in [6, 6.07) is 7.18. The number of carboxylic acid groups (broad SMARTS) is 1. The molecule has 0 aliphatic heterocycles. The lowest BCUT2D eigenvalue weighted by atomic mass is 10.1. The number of likely N-dealkylation sites (N-methyl/N-ethyl adjacent to an activating group) is 1. The first kappa shape index (κ1) is 26.0. The Bertz CT molecular complexity index is 1400. The highest BCUT2D eigenvalue weighted by Gasteiger charge is 2.35. The highest BCUT2D eigenvalue weighted by Crippen LogP contribution is 2.34. The second-order valence-corrected chi connectivity index (χ2v) is 7.78. The van der Waals surface area contributed by atoms with Crippen LogP contribution in [0.5, 0.6) is 11.5 Å². The van der Waals surface area contributed by atoms with Crippen LogP contribution < -0.4 is 21.3 Å². The van der Waals surface area contributed by atoms with Gasteiger partial charge in [-0.1, -0.05) is 29.8 Å². The molecule has 0 aliphatic carbocycles. The summed E-state index contributed by atoms with van der Waals surface area (Å²) in [6.45, 7) is 0. The zero-order chi connectivity index (χ0) is 26.1. The lowest BCUT2D eigenvalue weighted by molar-refractivity contribution is -0.144. The molecule has 0 saturated carbocycles. The number of ether oxygens (including phenoxy) is 1. The minimum absolute atomic E-state index is 0.00653. The second-order valence-electron chi connectivity index (χ2n) is 7.37. The summed E-state index contributed by atoms with van der Waals surface area (Å²) >= 11 is 6.08. The van der Waals surface area contributed by atoms with Crippen molar-refractivity contribution in [3.8, 4) is 17.2 Å². The molecule has 0 bridgehead atoms. The predicted molar refractivity (Wildman–Crippen MR) is 118 cm³/mol. The smallest absolute Gasteiger partial charge is 0.431 e. The number of nitrogens with zero attached hydrogens (tertiary/aromatic N) is 2. The Balaban J connectivity index is 2.11. The molecular formula is C22H18ClF4N3O5. The van der Waals surface area contributed by atoms with Crippen LogP contribution in [0, 0.1) is 5.82 Å². The van der Waals surface area contributed by atoms with Crippen LogP contribution >= 0.6 is 11.6 Å². The van der Waals surface area contributed by atoms with Crippen molar-refractivity contribution < 1.29 is 32.2 Å². The van der Waals surface area contributed by atoms with E-state index in [1.54, 1.807) is 18.2 Å². The fraction of sp³-hybridized carbons (Fsp3) is 0.227. The molecule has 0 saturated heterocycles. The van der Waals surface area contributed by atoms with Crippen molar-refractivity contribution >= 4 is 17.6 Å². The van der Waals surface area contributed by atoms with Gasteiger partial charge in [0.2, 0.25) is 0 Å². The van der Waals surface area contributed by atoms with Crippen molar-refractivity contribution in [1.29, 1.82) is 0 Å². The molecule has 0 radical (unpaired) electrons. The molecule has 0 spiro atoms. The number of halogens is 5. The Hall–Kier alpha value is -3.64. The third-order valence-electron chi connectivity index (χ3n) is 5.12. The Morgan fingerprint density at radius 3 is 2.43 bits per heavy atom. The molecule has 0 fully saturated rings. The van der Waals surface area contributed by atoms with E-state index >= 15 is 0 Å². The van der Waals surface area contributed by atoms with Gasteiger partial charge in [0, 0.05) is 25.6 Å². The molecule has 2 aromatic carbocycles. The van der Waals surface area contributed by atoms with Crippen LogP contribution in [0.25, 0.3) is 5.69 Å². The van der Waals surface area contributed by atoms with E-state index in [1.807, 2.05) is 0 Å². The van der Waals surface area contributed by atoms with E-state index in [-0.39, 0.29) is 38.1 Å². The van der Waals surface area contributed by atoms with Gasteiger partial charge < -0.3 is 15.2 Å². The minimum atomic E-state index is -4.98. The lowest BCUT2D eigenvalue weighted by Gasteiger charge is -2.17. The van der Waals surface area contributed by atoms with Gasteiger partial charge in [-0.3, -0.25) is 14.2 Å². The van der Waals surface area contributed by atoms with E-state index in [0.29, 0.717) is 5.56 Å². The highest BCUT2D eigenvalue weighted by molar-refractivity contribution is 6.32. The van der Waals surface area contributed by atoms with Crippen molar-refractivity contribution in [2.24, 2.45) is 7.05 Å². The molecule has 35 heavy (non-hydrogen) atoms. The van der Waals surface area contributed by atoms with E-state index in [9.17, 15) is 37.1 Å². The van der Waals surface area contributed by atoms with Crippen LogP contribution in [0.3, 0.4) is 0 Å². The maximum atomic E-state index is 14.7. The van der Waals surface area contributed by atoms with Gasteiger partial charge in [-0.05, 0) is 24.7 Å². The van der Waals surface area contributed by atoms with Gasteiger partial charge in [0.25, 0.3) is 5.56 Å². The topological polar surface area (TPSA) is 103 Å². The third-order valence-corrected chi connectivity index (χ3v) is 5.41. The molecule has 3 aromatic rings. The summed E-state index contributed by atoms with van der Waals surface area (Å²) < 4.78 is 60.2. The molecule has 0 aliphatic rings. The molecule has 8 nitrogen and oxygen atoms in total. The summed E-state index contributed by atoms with van der Waals surface area (Å²) in [7, 11) is 2.26. The zero-order valence-electron chi connectivity index (χ0n) is 18.2. The number of carboxylic acids is 1. The lowest BCUT2D eigenvalue weighted by Crippen LogP contribution is -2.41. The first-order valence-electron chi connectivity index (χ1n) is 9.90. The summed E-state index contributed by atoms with van der Waals surface area (Å²) in [4.78, 5) is 36.3. The Morgan fingerprint density at radius 2 is 1.83 bits per heavy atom. The van der Waals surface area contributed by atoms with Crippen LogP contribution in [0.15, 0.2) is 52.1 Å². The number of hydrogen-bond donors (Lipinski definition) is 2. The number of rotatable bonds is 7. The summed E-state index contributed by atoms with van der Waals surface area (Å²) in [5.41, 5.74) is -4.58. The minimum Gasteiger partial charge on any atom is -0.480 e. The first-order chi connectivity index (χ1) is 16.3. The number of carbonyl (C=O) groups is 1. The molecule has 0 unspecified atom stereocenters. The number of nitrogens with one attached hydrogen (secondary N) is 1. The quantitative estimate of drug-likeness (QED) is 0.468. The van der Waals surface area contributed by atoms with Crippen LogP contribution in [0.1, 0.15) is 11.3 Å². The Kier molecular flexibility index (Phi) is 7.36. The van der Waals surface area contributed by atoms with E-state index in [0.717, 1.165) is 19.2 Å². The molecule has 3 rings (SSSR count). The summed E-state index contributed by atoms with van der Waals surface area (Å²) in [6.07, 6.45) is -4.98. The van der Waals surface area contributed by atoms with Gasteiger partial charge in [-0.15, -0.1) is 0 Å². The molecule has 186 valence electrons. The number of alkyl halides is 3. The van der Waals surface area contributed by atoms with Crippen molar-refractivity contribution in [3.05, 3.63) is 85.4 Å². The standard InChI is InChI=1S/C22H18ClF4N3O5/c1-28-14(20(32)33)7-11-5-3-4-6-16(11)35-17-9-15(13(24)8-12(17)23)30-19(31)10-18(22(25,26)27)29(2)21(30)34/h3-6,8-10,14,28H,7H2,1-2H3,(H,32,33)/t14-/m0/s1. The van der Waals surface area contributed by atoms with Crippen LogP contribution in [-0.2, 0) is 24.4 Å². The molecule has 1 aromatic heterocycles. The van der Waals surface area contributed by atoms with Crippen LogP contribution in [0.2, 0.25) is 5.02 Å². The number of hydrogen-bond acceptors (Lipinski definition) is 5. The van der Waals surface area contributed by atoms with Crippen LogP contribution in [0.4, 0.5) is 17.6 Å². The van der Waals surface area contributed by atoms with Crippen molar-refractivity contribution in [2.75, 3.05) is 7.05 Å². The van der Waals surface area contributed by atoms with Gasteiger partial charge in [0.15, 0.2) is 0 Å². The Labute approximate surface area is 200 Å². The Morgan fingerprint density at radius 1 is 1.17 bits per heavy atom. The average molecular weight is 516 g/mol. The van der Waals surface area contributed by atoms with Gasteiger partial charge in [0.05, 0.1) is 10.7 Å². The molecule has 0 amide bonds. The largest absolute Gasteiger partial charge is 0.480 e. The zero-order valence-corrected chi connectivity index (χ0v) is 18.9. The normalized spacial score (nSPS) is 12.4. The summed E-state index contributed by atoms with van der Waals surface area (Å²) in [5.74, 6) is -2.33. The molecule has 13 heteroatoms. The van der Waals surface area contributed by atoms with E-state index in [2.05, 4.69) is 5.32 Å². The van der Waals surface area contributed by atoms with Crippen molar-refractivity contribution in [3.63, 3.8) is 0 Å².